The van der Waals surface area contributed by atoms with Gasteiger partial charge in [0.05, 0.1) is 31.0 Å². The van der Waals surface area contributed by atoms with Crippen LogP contribution in [0.1, 0.15) is 31.8 Å². The maximum absolute atomic E-state index is 12.3. The summed E-state index contributed by atoms with van der Waals surface area (Å²) < 4.78 is 14.9. The summed E-state index contributed by atoms with van der Waals surface area (Å²) in [4.78, 5) is 35.9. The third kappa shape index (κ3) is 4.84. The van der Waals surface area contributed by atoms with Gasteiger partial charge in [-0.15, -0.1) is 0 Å². The molecule has 7 nitrogen and oxygen atoms in total. The van der Waals surface area contributed by atoms with Crippen LogP contribution in [0.4, 0.5) is 5.69 Å². The van der Waals surface area contributed by atoms with Gasteiger partial charge < -0.3 is 19.5 Å². The number of benzene rings is 2. The van der Waals surface area contributed by atoms with Crippen LogP contribution in [0, 0.1) is 13.8 Å². The zero-order chi connectivity index (χ0) is 20.0. The topological polar surface area (TPSA) is 90.9 Å². The highest BCUT2D eigenvalue weighted by Crippen LogP contribution is 2.22. The molecule has 0 saturated heterocycles. The molecule has 0 saturated carbocycles. The first-order valence-corrected chi connectivity index (χ1v) is 8.17. The van der Waals surface area contributed by atoms with E-state index in [0.29, 0.717) is 5.75 Å². The monoisotopic (exact) mass is 371 g/mol. The van der Waals surface area contributed by atoms with E-state index in [-0.39, 0.29) is 23.4 Å². The summed E-state index contributed by atoms with van der Waals surface area (Å²) in [5.41, 5.74) is 2.43. The first-order chi connectivity index (χ1) is 12.9. The van der Waals surface area contributed by atoms with E-state index in [0.717, 1.165) is 11.1 Å². The Balaban J connectivity index is 2.18. The molecule has 0 spiro atoms. The smallest absolute Gasteiger partial charge is 0.339 e. The lowest BCUT2D eigenvalue weighted by atomic mass is 10.1. The molecule has 0 aliphatic rings. The van der Waals surface area contributed by atoms with Gasteiger partial charge in [0.2, 0.25) is 0 Å². The molecule has 0 aromatic heterocycles. The maximum atomic E-state index is 12.3. The highest BCUT2D eigenvalue weighted by molar-refractivity contribution is 6.03. The van der Waals surface area contributed by atoms with Crippen molar-refractivity contribution >= 4 is 23.5 Å². The fourth-order valence-corrected chi connectivity index (χ4v) is 2.39. The van der Waals surface area contributed by atoms with E-state index < -0.39 is 17.8 Å². The fraction of sp³-hybridized carbons (Fsp3) is 0.250. The van der Waals surface area contributed by atoms with E-state index in [1.165, 1.54) is 32.4 Å². The summed E-state index contributed by atoms with van der Waals surface area (Å²) in [7, 11) is 2.47. The maximum Gasteiger partial charge on any atom is 0.339 e. The number of hydrogen-bond donors (Lipinski definition) is 1. The van der Waals surface area contributed by atoms with Gasteiger partial charge in [0.15, 0.2) is 6.61 Å². The Bertz CT molecular complexity index is 875. The number of hydrogen-bond acceptors (Lipinski definition) is 6. The van der Waals surface area contributed by atoms with Crippen molar-refractivity contribution in [1.29, 1.82) is 0 Å². The second kappa shape index (κ2) is 8.84. The van der Waals surface area contributed by atoms with Gasteiger partial charge in [-0.05, 0) is 49.2 Å². The molecule has 1 amide bonds. The summed E-state index contributed by atoms with van der Waals surface area (Å²) in [6.07, 6.45) is 0. The number of anilines is 1. The van der Waals surface area contributed by atoms with Crippen molar-refractivity contribution in [2.75, 3.05) is 26.1 Å². The number of rotatable bonds is 6. The predicted molar refractivity (Wildman–Crippen MR) is 99.2 cm³/mol. The molecular weight excluding hydrogens is 350 g/mol. The third-order valence-corrected chi connectivity index (χ3v) is 4.03. The van der Waals surface area contributed by atoms with Crippen molar-refractivity contribution in [2.24, 2.45) is 0 Å². The normalized spacial score (nSPS) is 10.1. The molecule has 0 radical (unpaired) electrons. The Kier molecular flexibility index (Phi) is 6.54. The molecule has 0 aliphatic heterocycles. The van der Waals surface area contributed by atoms with E-state index in [4.69, 9.17) is 9.47 Å². The van der Waals surface area contributed by atoms with E-state index in [2.05, 4.69) is 10.1 Å². The standard InChI is InChI=1S/C20H21NO6/c1-12-6-5-7-17(13(12)2)27-11-18(22)21-16-10-14(19(23)25-3)8-9-15(16)20(24)26-4/h5-10H,11H2,1-4H3,(H,21,22). The molecule has 2 aromatic rings. The van der Waals surface area contributed by atoms with Gasteiger partial charge in [-0.2, -0.15) is 0 Å². The van der Waals surface area contributed by atoms with Crippen LogP contribution in [-0.4, -0.2) is 38.7 Å². The molecule has 0 unspecified atom stereocenters. The van der Waals surface area contributed by atoms with Crippen molar-refractivity contribution in [2.45, 2.75) is 13.8 Å². The van der Waals surface area contributed by atoms with Crippen LogP contribution >= 0.6 is 0 Å². The van der Waals surface area contributed by atoms with Crippen molar-refractivity contribution in [3.8, 4) is 5.75 Å². The molecule has 7 heteroatoms. The van der Waals surface area contributed by atoms with Gasteiger partial charge in [0, 0.05) is 0 Å². The van der Waals surface area contributed by atoms with Gasteiger partial charge in [-0.1, -0.05) is 12.1 Å². The van der Waals surface area contributed by atoms with Crippen LogP contribution in [0.5, 0.6) is 5.75 Å². The molecule has 1 N–H and O–H groups in total. The zero-order valence-electron chi connectivity index (χ0n) is 15.6. The lowest BCUT2D eigenvalue weighted by Crippen LogP contribution is -2.22. The minimum Gasteiger partial charge on any atom is -0.483 e. The van der Waals surface area contributed by atoms with Gasteiger partial charge >= 0.3 is 11.9 Å². The van der Waals surface area contributed by atoms with Gasteiger partial charge in [0.1, 0.15) is 5.75 Å². The first kappa shape index (κ1) is 20.0. The summed E-state index contributed by atoms with van der Waals surface area (Å²) in [6, 6.07) is 9.72. The second-order valence-electron chi connectivity index (χ2n) is 5.78. The number of esters is 2. The van der Waals surface area contributed by atoms with Crippen molar-refractivity contribution in [1.82, 2.24) is 0 Å². The minimum absolute atomic E-state index is 0.116. The number of nitrogens with one attached hydrogen (secondary N) is 1. The zero-order valence-corrected chi connectivity index (χ0v) is 15.6. The lowest BCUT2D eigenvalue weighted by Gasteiger charge is -2.13. The van der Waals surface area contributed by atoms with Crippen LogP contribution in [0.2, 0.25) is 0 Å². The third-order valence-electron chi connectivity index (χ3n) is 4.03. The molecule has 2 rings (SSSR count). The molecule has 0 bridgehead atoms. The highest BCUT2D eigenvalue weighted by Gasteiger charge is 2.17. The van der Waals surface area contributed by atoms with E-state index >= 15 is 0 Å². The number of carbonyl (C=O) groups is 3. The van der Waals surface area contributed by atoms with E-state index in [1.807, 2.05) is 26.0 Å². The number of amides is 1. The van der Waals surface area contributed by atoms with Crippen molar-refractivity contribution in [3.63, 3.8) is 0 Å². The SMILES string of the molecule is COC(=O)c1ccc(C(=O)OC)c(NC(=O)COc2cccc(C)c2C)c1. The number of methoxy groups -OCH3 is 2. The molecule has 0 fully saturated rings. The largest absolute Gasteiger partial charge is 0.483 e. The highest BCUT2D eigenvalue weighted by atomic mass is 16.5. The molecule has 0 atom stereocenters. The molecule has 0 heterocycles. The fourth-order valence-electron chi connectivity index (χ4n) is 2.39. The second-order valence-corrected chi connectivity index (χ2v) is 5.78. The lowest BCUT2D eigenvalue weighted by molar-refractivity contribution is -0.118. The quantitative estimate of drug-likeness (QED) is 0.785. The van der Waals surface area contributed by atoms with Crippen LogP contribution in [-0.2, 0) is 14.3 Å². The van der Waals surface area contributed by atoms with Crippen LogP contribution in [0.25, 0.3) is 0 Å². The van der Waals surface area contributed by atoms with Crippen molar-refractivity contribution in [3.05, 3.63) is 58.7 Å². The van der Waals surface area contributed by atoms with Crippen LogP contribution in [0.15, 0.2) is 36.4 Å². The van der Waals surface area contributed by atoms with E-state index in [9.17, 15) is 14.4 Å². The molecule has 27 heavy (non-hydrogen) atoms. The summed E-state index contributed by atoms with van der Waals surface area (Å²) in [6.45, 7) is 3.59. The number of carbonyl (C=O) groups excluding carboxylic acids is 3. The summed E-state index contributed by atoms with van der Waals surface area (Å²) in [5.74, 6) is -1.12. The molecule has 2 aromatic carbocycles. The molecular formula is C20H21NO6. The average Bonchev–Trinajstić information content (AvgIpc) is 2.67. The van der Waals surface area contributed by atoms with Crippen LogP contribution < -0.4 is 10.1 Å². The molecule has 142 valence electrons. The Morgan fingerprint density at radius 3 is 2.33 bits per heavy atom. The summed E-state index contributed by atoms with van der Waals surface area (Å²) in [5, 5.41) is 2.58. The Morgan fingerprint density at radius 1 is 0.963 bits per heavy atom. The van der Waals surface area contributed by atoms with Gasteiger partial charge in [-0.25, -0.2) is 9.59 Å². The first-order valence-electron chi connectivity index (χ1n) is 8.17. The average molecular weight is 371 g/mol. The van der Waals surface area contributed by atoms with E-state index in [1.54, 1.807) is 6.07 Å². The number of aryl methyl sites for hydroxylation is 1. The van der Waals surface area contributed by atoms with Crippen LogP contribution in [0.3, 0.4) is 0 Å². The predicted octanol–water partition coefficient (Wildman–Crippen LogP) is 2.89. The Labute approximate surface area is 157 Å². The van der Waals surface area contributed by atoms with Crippen molar-refractivity contribution < 1.29 is 28.6 Å². The minimum atomic E-state index is -0.642. The number of ether oxygens (including phenoxy) is 3. The van der Waals surface area contributed by atoms with Gasteiger partial charge in [0.25, 0.3) is 5.91 Å². The van der Waals surface area contributed by atoms with Gasteiger partial charge in [-0.3, -0.25) is 4.79 Å². The Hall–Kier alpha value is -3.35. The Morgan fingerprint density at radius 2 is 1.67 bits per heavy atom. The summed E-state index contributed by atoms with van der Waals surface area (Å²) >= 11 is 0. The molecule has 0 aliphatic carbocycles.